The summed E-state index contributed by atoms with van der Waals surface area (Å²) in [4.78, 5) is 47.9. The average Bonchev–Trinajstić information content (AvgIpc) is 3.31. The molecule has 2 aliphatic heterocycles. The van der Waals surface area contributed by atoms with E-state index in [1.165, 1.54) is 23.8 Å². The number of aliphatic carboxylic acids is 1. The highest BCUT2D eigenvalue weighted by Gasteiger charge is 2.54. The van der Waals surface area contributed by atoms with Crippen molar-refractivity contribution in [2.24, 2.45) is 5.16 Å². The molecule has 6 N–H and O–H groups in total. The molecule has 4 heterocycles. The zero-order valence-electron chi connectivity index (χ0n) is 19.5. The predicted molar refractivity (Wildman–Crippen MR) is 133 cm³/mol. The number of anilines is 2. The van der Waals surface area contributed by atoms with Crippen LogP contribution in [0.15, 0.2) is 63.8 Å². The number of nitrogens with zero attached hydrogens (tertiary/aromatic N) is 4. The van der Waals surface area contributed by atoms with Gasteiger partial charge in [-0.25, -0.2) is 9.36 Å². The van der Waals surface area contributed by atoms with Gasteiger partial charge in [0.25, 0.3) is 17.8 Å². The molecule has 0 radical (unpaired) electrons. The van der Waals surface area contributed by atoms with Gasteiger partial charge in [0.05, 0.1) is 0 Å². The monoisotopic (exact) mass is 524 g/mol. The van der Waals surface area contributed by atoms with E-state index in [-0.39, 0.29) is 29.7 Å². The van der Waals surface area contributed by atoms with Gasteiger partial charge in [0, 0.05) is 33.9 Å². The largest absolute Gasteiger partial charge is 0.477 e. The van der Waals surface area contributed by atoms with E-state index in [0.717, 1.165) is 17.0 Å². The summed E-state index contributed by atoms with van der Waals surface area (Å²) < 4.78 is 6.76. The number of nitrogens with one attached hydrogen (secondary N) is 1. The number of nitrogens with two attached hydrogens (primary N) is 2. The third-order valence-electron chi connectivity index (χ3n) is 5.98. The lowest BCUT2D eigenvalue weighted by Gasteiger charge is -2.49. The maximum Gasteiger partial charge on any atom is 0.352 e. The van der Waals surface area contributed by atoms with E-state index in [9.17, 15) is 19.5 Å². The number of carboxylic acids is 1. The third-order valence-corrected chi connectivity index (χ3v) is 7.32. The molecule has 14 heteroatoms. The molecular weight excluding hydrogens is 502 g/mol. The van der Waals surface area contributed by atoms with Crippen LogP contribution in [0.1, 0.15) is 5.69 Å². The number of β-lactam (4-membered cyclic amide) rings is 1. The van der Waals surface area contributed by atoms with Crippen LogP contribution in [-0.4, -0.2) is 62.8 Å². The van der Waals surface area contributed by atoms with E-state index >= 15 is 0 Å². The van der Waals surface area contributed by atoms with Crippen LogP contribution < -0.4 is 21.4 Å². The van der Waals surface area contributed by atoms with Gasteiger partial charge in [-0.3, -0.25) is 14.5 Å². The minimum absolute atomic E-state index is 0.0272. The van der Waals surface area contributed by atoms with Gasteiger partial charge in [-0.1, -0.05) is 11.2 Å². The lowest BCUT2D eigenvalue weighted by Crippen LogP contribution is -2.71. The maximum absolute atomic E-state index is 13.0. The second-order valence-corrected chi connectivity index (χ2v) is 9.38. The molecule has 1 saturated heterocycles. The number of thioether (sulfide) groups is 1. The molecule has 0 spiro atoms. The molecule has 190 valence electrons. The number of carbonyl (C=O) groups is 3. The fraction of sp³-hybridized carbons (Fsp3) is 0.217. The van der Waals surface area contributed by atoms with Crippen molar-refractivity contribution in [3.05, 3.63) is 59.9 Å². The van der Waals surface area contributed by atoms with Crippen molar-refractivity contribution in [2.75, 3.05) is 24.3 Å². The quantitative estimate of drug-likeness (QED) is 0.108. The van der Waals surface area contributed by atoms with E-state index < -0.39 is 29.2 Å². The smallest absolute Gasteiger partial charge is 0.352 e. The second-order valence-electron chi connectivity index (χ2n) is 8.28. The first kappa shape index (κ1) is 24.1. The first-order valence-electron chi connectivity index (χ1n) is 11.0. The van der Waals surface area contributed by atoms with Crippen LogP contribution in [0.4, 0.5) is 11.7 Å². The van der Waals surface area contributed by atoms with Gasteiger partial charge in [-0.2, -0.15) is 4.98 Å². The van der Waals surface area contributed by atoms with Crippen molar-refractivity contribution in [2.45, 2.75) is 18.0 Å². The van der Waals surface area contributed by atoms with Crippen molar-refractivity contribution in [1.29, 1.82) is 0 Å². The number of oxime groups is 1. The third kappa shape index (κ3) is 4.31. The molecule has 1 unspecified atom stereocenters. The van der Waals surface area contributed by atoms with Gasteiger partial charge in [-0.05, 0) is 12.1 Å². The molecule has 0 saturated carbocycles. The number of amides is 2. The summed E-state index contributed by atoms with van der Waals surface area (Å²) in [5.41, 5.74) is 12.4. The molecular formula is C23H22N7O6S+. The zero-order valence-corrected chi connectivity index (χ0v) is 20.3. The van der Waals surface area contributed by atoms with Crippen molar-refractivity contribution in [3.8, 4) is 0 Å². The highest BCUT2D eigenvalue weighted by atomic mass is 32.2. The first-order chi connectivity index (χ1) is 17.8. The van der Waals surface area contributed by atoms with Crippen LogP contribution in [0.2, 0.25) is 0 Å². The Kier molecular flexibility index (Phi) is 6.17. The zero-order chi connectivity index (χ0) is 26.3. The molecule has 1 fully saturated rings. The highest BCUT2D eigenvalue weighted by molar-refractivity contribution is 8.00. The molecule has 5 rings (SSSR count). The Morgan fingerprint density at radius 3 is 2.89 bits per heavy atom. The Morgan fingerprint density at radius 2 is 2.19 bits per heavy atom. The lowest BCUT2D eigenvalue weighted by molar-refractivity contribution is -0.687. The Balaban J connectivity index is 1.36. The minimum atomic E-state index is -1.22. The number of oxazole rings is 1. The molecule has 2 aromatic heterocycles. The molecule has 37 heavy (non-hydrogen) atoms. The standard InChI is InChI=1S/C23H21N7O6S/c1-35-28-16(15-9-36-23(25)26-15)19(31)27-17-20(32)30-18(22(33)34)12(10-37-21(17)30)8-29-6-5-13-11(7-29)3-2-4-14(13)24/h2-7,9,17,21H,8,10,24H2,1H3,(H3-,25,26,27,31,33,34)/p+1/t17?,21-/m0/s1. The highest BCUT2D eigenvalue weighted by Crippen LogP contribution is 2.40. The van der Waals surface area contributed by atoms with Crippen LogP contribution in [0.5, 0.6) is 0 Å². The number of hydrogen-bond donors (Lipinski definition) is 4. The average molecular weight is 525 g/mol. The minimum Gasteiger partial charge on any atom is -0.477 e. The normalized spacial score (nSPS) is 19.4. The fourth-order valence-electron chi connectivity index (χ4n) is 4.32. The van der Waals surface area contributed by atoms with E-state index in [4.69, 9.17) is 20.7 Å². The summed E-state index contributed by atoms with van der Waals surface area (Å²) in [6, 6.07) is 6.31. The van der Waals surface area contributed by atoms with E-state index in [0.29, 0.717) is 17.0 Å². The number of carboxylic acid groups (broad SMARTS) is 1. The van der Waals surface area contributed by atoms with Gasteiger partial charge < -0.3 is 31.1 Å². The Hall–Kier alpha value is -4.59. The number of fused-ring (bicyclic) bond motifs is 2. The van der Waals surface area contributed by atoms with Crippen LogP contribution in [-0.2, 0) is 25.8 Å². The van der Waals surface area contributed by atoms with Gasteiger partial charge in [-0.15, -0.1) is 11.8 Å². The Labute approximate surface area is 213 Å². The van der Waals surface area contributed by atoms with Crippen molar-refractivity contribution in [1.82, 2.24) is 15.2 Å². The number of hydrogen-bond acceptors (Lipinski definition) is 10. The molecule has 0 aliphatic carbocycles. The van der Waals surface area contributed by atoms with Crippen molar-refractivity contribution < 1.29 is 33.3 Å². The summed E-state index contributed by atoms with van der Waals surface area (Å²) >= 11 is 1.36. The number of pyridine rings is 1. The fourth-order valence-corrected chi connectivity index (χ4v) is 5.66. The van der Waals surface area contributed by atoms with Crippen LogP contribution in [0, 0.1) is 0 Å². The summed E-state index contributed by atoms with van der Waals surface area (Å²) in [7, 11) is 1.25. The molecule has 2 atom stereocenters. The number of carbonyl (C=O) groups excluding carboxylic acids is 2. The van der Waals surface area contributed by atoms with E-state index in [1.807, 2.05) is 41.2 Å². The van der Waals surface area contributed by atoms with Gasteiger partial charge in [0.15, 0.2) is 24.7 Å². The topological polar surface area (TPSA) is 190 Å². The van der Waals surface area contributed by atoms with Crippen LogP contribution in [0.25, 0.3) is 10.8 Å². The van der Waals surface area contributed by atoms with Gasteiger partial charge >= 0.3 is 5.97 Å². The Morgan fingerprint density at radius 1 is 1.38 bits per heavy atom. The van der Waals surface area contributed by atoms with Crippen molar-refractivity contribution in [3.63, 3.8) is 0 Å². The summed E-state index contributed by atoms with van der Waals surface area (Å²) in [6.07, 6.45) is 4.83. The van der Waals surface area contributed by atoms with Gasteiger partial charge in [0.2, 0.25) is 0 Å². The van der Waals surface area contributed by atoms with Crippen molar-refractivity contribution >= 4 is 57.7 Å². The van der Waals surface area contributed by atoms with Crippen LogP contribution in [0.3, 0.4) is 0 Å². The molecule has 2 aliphatic rings. The van der Waals surface area contributed by atoms with Gasteiger partial charge in [0.1, 0.15) is 36.2 Å². The molecule has 13 nitrogen and oxygen atoms in total. The molecule has 3 aromatic rings. The maximum atomic E-state index is 13.0. The van der Waals surface area contributed by atoms with Crippen LogP contribution >= 0.6 is 11.8 Å². The second kappa shape index (κ2) is 9.46. The number of rotatable bonds is 7. The first-order valence-corrected chi connectivity index (χ1v) is 12.0. The Bertz CT molecular complexity index is 1500. The molecule has 2 amide bonds. The number of nitrogen functional groups attached to an aromatic ring is 2. The number of benzene rings is 1. The SMILES string of the molecule is CON=C(C(=O)NC1C(=O)N2C(C(=O)O)=C(C[n+]3ccc4c(N)cccc4c3)CS[C@@H]12)c1coc(N)n1. The lowest BCUT2D eigenvalue weighted by atomic mass is 10.0. The summed E-state index contributed by atoms with van der Waals surface area (Å²) in [5.74, 6) is -2.16. The summed E-state index contributed by atoms with van der Waals surface area (Å²) in [6.45, 7) is 0.269. The summed E-state index contributed by atoms with van der Waals surface area (Å²) in [5, 5.41) is 17.4. The molecule has 1 aromatic carbocycles. The number of aromatic nitrogens is 2. The van der Waals surface area contributed by atoms with E-state index in [2.05, 4.69) is 15.5 Å². The van der Waals surface area contributed by atoms with E-state index in [1.54, 1.807) is 0 Å². The predicted octanol–water partition coefficient (Wildman–Crippen LogP) is 0.0690. The molecule has 0 bridgehead atoms.